The summed E-state index contributed by atoms with van der Waals surface area (Å²) in [5.41, 5.74) is 0.743. The highest BCUT2D eigenvalue weighted by atomic mass is 19.4. The largest absolute Gasteiger partial charge is 0.406 e. The first-order valence-corrected chi connectivity index (χ1v) is 6.80. The zero-order valence-electron chi connectivity index (χ0n) is 11.6. The number of hydrogen-bond acceptors (Lipinski definition) is 2. The topological polar surface area (TPSA) is 44.1 Å². The van der Waals surface area contributed by atoms with Gasteiger partial charge < -0.3 is 4.90 Å². The number of carbonyl (C=O) groups excluding carboxylic acids is 1. The van der Waals surface area contributed by atoms with Gasteiger partial charge in [0.15, 0.2) is 0 Å². The maximum absolute atomic E-state index is 12.8. The second-order valence-electron chi connectivity index (χ2n) is 5.28. The van der Waals surface area contributed by atoms with Gasteiger partial charge in [-0.25, -0.2) is 4.39 Å². The van der Waals surface area contributed by atoms with Crippen molar-refractivity contribution in [2.45, 2.75) is 24.9 Å². The highest BCUT2D eigenvalue weighted by Gasteiger charge is 2.47. The molecular weight excluding hydrogens is 300 g/mol. The number of benzene rings is 1. The molecule has 0 radical (unpaired) electrons. The lowest BCUT2D eigenvalue weighted by Crippen LogP contribution is -2.40. The molecule has 1 aromatic carbocycles. The van der Waals surface area contributed by atoms with Gasteiger partial charge in [-0.1, -0.05) is 12.1 Å². The minimum atomic E-state index is -4.49. The normalized spacial score (nSPS) is 20.3. The summed E-state index contributed by atoms with van der Waals surface area (Å²) in [6.07, 6.45) is -4.19. The van der Waals surface area contributed by atoms with Gasteiger partial charge in [-0.3, -0.25) is 4.79 Å². The maximum atomic E-state index is 12.8. The van der Waals surface area contributed by atoms with Gasteiger partial charge in [0.1, 0.15) is 12.4 Å². The van der Waals surface area contributed by atoms with Crippen molar-refractivity contribution in [2.75, 3.05) is 13.1 Å². The van der Waals surface area contributed by atoms with Crippen LogP contribution in [-0.2, 0) is 4.79 Å². The van der Waals surface area contributed by atoms with E-state index < -0.39 is 30.4 Å². The van der Waals surface area contributed by atoms with E-state index in [2.05, 4.69) is 0 Å². The highest BCUT2D eigenvalue weighted by Crippen LogP contribution is 2.48. The van der Waals surface area contributed by atoms with Gasteiger partial charge in [0.2, 0.25) is 5.91 Å². The maximum Gasteiger partial charge on any atom is 0.406 e. The van der Waals surface area contributed by atoms with Crippen molar-refractivity contribution in [1.82, 2.24) is 4.90 Å². The number of alkyl halides is 3. The summed E-state index contributed by atoms with van der Waals surface area (Å²) < 4.78 is 50.4. The first kappa shape index (κ1) is 16.3. The number of carbonyl (C=O) groups is 1. The van der Waals surface area contributed by atoms with E-state index in [0.717, 1.165) is 5.56 Å². The van der Waals surface area contributed by atoms with Crippen LogP contribution in [0.1, 0.15) is 24.3 Å². The second-order valence-corrected chi connectivity index (χ2v) is 5.28. The first-order chi connectivity index (χ1) is 10.3. The molecular formula is C15H14F4N2O. The Balaban J connectivity index is 2.02. The quantitative estimate of drug-likeness (QED) is 0.783. The molecule has 0 bridgehead atoms. The van der Waals surface area contributed by atoms with Crippen LogP contribution in [0.3, 0.4) is 0 Å². The standard InChI is InChI=1S/C15H14F4N2O/c16-11-4-2-10(3-5-11)12-8-13(12)14(22)21(7-1-6-20)9-15(17,18)19/h2-5,12-13H,1,7-9H2/t12-,13+/m0/s1. The van der Waals surface area contributed by atoms with E-state index in [1.807, 2.05) is 0 Å². The molecule has 1 aromatic rings. The predicted octanol–water partition coefficient (Wildman–Crippen LogP) is 3.23. The lowest BCUT2D eigenvalue weighted by atomic mass is 10.1. The summed E-state index contributed by atoms with van der Waals surface area (Å²) in [5, 5.41) is 8.50. The number of hydrogen-bond donors (Lipinski definition) is 0. The van der Waals surface area contributed by atoms with Crippen molar-refractivity contribution in [3.63, 3.8) is 0 Å². The minimum Gasteiger partial charge on any atom is -0.332 e. The Morgan fingerprint density at radius 2 is 1.95 bits per heavy atom. The van der Waals surface area contributed by atoms with Crippen molar-refractivity contribution >= 4 is 5.91 Å². The third kappa shape index (κ3) is 4.20. The molecule has 7 heteroatoms. The Bertz CT molecular complexity index is 577. The van der Waals surface area contributed by atoms with Crippen LogP contribution >= 0.6 is 0 Å². The molecule has 0 spiro atoms. The van der Waals surface area contributed by atoms with E-state index in [1.165, 1.54) is 24.3 Å². The van der Waals surface area contributed by atoms with Crippen molar-refractivity contribution in [1.29, 1.82) is 5.26 Å². The molecule has 2 rings (SSSR count). The molecule has 0 heterocycles. The Morgan fingerprint density at radius 3 is 2.50 bits per heavy atom. The van der Waals surface area contributed by atoms with Crippen molar-refractivity contribution < 1.29 is 22.4 Å². The van der Waals surface area contributed by atoms with Crippen LogP contribution in [0.25, 0.3) is 0 Å². The second kappa shape index (κ2) is 6.34. The van der Waals surface area contributed by atoms with Gasteiger partial charge in [-0.15, -0.1) is 0 Å². The van der Waals surface area contributed by atoms with Crippen LogP contribution < -0.4 is 0 Å². The van der Waals surface area contributed by atoms with E-state index in [4.69, 9.17) is 5.26 Å². The van der Waals surface area contributed by atoms with E-state index >= 15 is 0 Å². The van der Waals surface area contributed by atoms with Gasteiger partial charge in [-0.2, -0.15) is 18.4 Å². The van der Waals surface area contributed by atoms with Crippen LogP contribution in [0.2, 0.25) is 0 Å². The van der Waals surface area contributed by atoms with Crippen LogP contribution in [0, 0.1) is 23.1 Å². The molecule has 0 aliphatic heterocycles. The summed E-state index contributed by atoms with van der Waals surface area (Å²) in [6.45, 7) is -1.58. The van der Waals surface area contributed by atoms with E-state index in [9.17, 15) is 22.4 Å². The molecule has 1 saturated carbocycles. The zero-order valence-corrected chi connectivity index (χ0v) is 11.6. The number of rotatable bonds is 5. The lowest BCUT2D eigenvalue weighted by molar-refractivity contribution is -0.162. The molecule has 0 saturated heterocycles. The summed E-state index contributed by atoms with van der Waals surface area (Å²) in [7, 11) is 0. The van der Waals surface area contributed by atoms with E-state index in [0.29, 0.717) is 11.3 Å². The monoisotopic (exact) mass is 314 g/mol. The average molecular weight is 314 g/mol. The number of nitrogens with zero attached hydrogens (tertiary/aromatic N) is 2. The van der Waals surface area contributed by atoms with Crippen LogP contribution in [0.15, 0.2) is 24.3 Å². The fourth-order valence-electron chi connectivity index (χ4n) is 2.45. The predicted molar refractivity (Wildman–Crippen MR) is 70.1 cm³/mol. The van der Waals surface area contributed by atoms with Gasteiger partial charge >= 0.3 is 6.18 Å². The number of amides is 1. The van der Waals surface area contributed by atoms with Crippen molar-refractivity contribution in [3.05, 3.63) is 35.6 Å². The van der Waals surface area contributed by atoms with E-state index in [-0.39, 0.29) is 18.9 Å². The molecule has 22 heavy (non-hydrogen) atoms. The fourth-order valence-corrected chi connectivity index (χ4v) is 2.45. The smallest absolute Gasteiger partial charge is 0.332 e. The molecule has 3 nitrogen and oxygen atoms in total. The number of nitriles is 1. The molecule has 0 N–H and O–H groups in total. The Hall–Kier alpha value is -2.10. The molecule has 118 valence electrons. The molecule has 2 atom stereocenters. The van der Waals surface area contributed by atoms with E-state index in [1.54, 1.807) is 6.07 Å². The summed E-state index contributed by atoms with van der Waals surface area (Å²) >= 11 is 0. The van der Waals surface area contributed by atoms with Gasteiger partial charge in [0.25, 0.3) is 0 Å². The van der Waals surface area contributed by atoms with Gasteiger partial charge in [0.05, 0.1) is 12.5 Å². The Morgan fingerprint density at radius 1 is 1.32 bits per heavy atom. The Kier molecular flexibility index (Phi) is 4.69. The third-order valence-electron chi connectivity index (χ3n) is 3.58. The summed E-state index contributed by atoms with van der Waals surface area (Å²) in [6, 6.07) is 7.35. The first-order valence-electron chi connectivity index (χ1n) is 6.80. The highest BCUT2D eigenvalue weighted by molar-refractivity contribution is 5.83. The molecule has 1 aliphatic rings. The summed E-state index contributed by atoms with van der Waals surface area (Å²) in [5.74, 6) is -1.70. The van der Waals surface area contributed by atoms with Crippen LogP contribution in [-0.4, -0.2) is 30.1 Å². The zero-order chi connectivity index (χ0) is 16.3. The molecule has 1 amide bonds. The van der Waals surface area contributed by atoms with Crippen molar-refractivity contribution in [3.8, 4) is 6.07 Å². The lowest BCUT2D eigenvalue weighted by Gasteiger charge is -2.23. The number of halogens is 4. The molecule has 1 fully saturated rings. The summed E-state index contributed by atoms with van der Waals surface area (Å²) in [4.78, 5) is 12.9. The SMILES string of the molecule is N#CCCN(CC(F)(F)F)C(=O)[C@@H]1C[C@H]1c1ccc(F)cc1. The van der Waals surface area contributed by atoms with Crippen LogP contribution in [0.5, 0.6) is 0 Å². The van der Waals surface area contributed by atoms with Gasteiger partial charge in [0, 0.05) is 12.5 Å². The van der Waals surface area contributed by atoms with Crippen molar-refractivity contribution in [2.24, 2.45) is 5.92 Å². The molecule has 0 unspecified atom stereocenters. The molecule has 0 aromatic heterocycles. The Labute approximate surface area is 125 Å². The average Bonchev–Trinajstić information content (AvgIpc) is 3.22. The third-order valence-corrected chi connectivity index (χ3v) is 3.58. The fraction of sp³-hybridized carbons (Fsp3) is 0.467. The van der Waals surface area contributed by atoms with Gasteiger partial charge in [-0.05, 0) is 30.0 Å². The van der Waals surface area contributed by atoms with Crippen LogP contribution in [0.4, 0.5) is 17.6 Å². The molecule has 1 aliphatic carbocycles. The minimum absolute atomic E-state index is 0.143.